The van der Waals surface area contributed by atoms with Gasteiger partial charge < -0.3 is 14.5 Å². The van der Waals surface area contributed by atoms with Crippen molar-refractivity contribution in [2.45, 2.75) is 6.92 Å². The van der Waals surface area contributed by atoms with Crippen molar-refractivity contribution in [2.75, 3.05) is 38.2 Å². The number of aryl methyl sites for hydroxylation is 1. The van der Waals surface area contributed by atoms with Gasteiger partial charge in [-0.1, -0.05) is 35.4 Å². The minimum Gasteiger partial charge on any atom is -0.494 e. The van der Waals surface area contributed by atoms with Crippen LogP contribution in [-0.4, -0.2) is 53.9 Å². The molecule has 1 fully saturated rings. The van der Waals surface area contributed by atoms with Crippen LogP contribution in [0.4, 0.5) is 5.69 Å². The molecule has 2 aromatic carbocycles. The number of nitrogens with zero attached hydrogens (tertiary/aromatic N) is 4. The van der Waals surface area contributed by atoms with Gasteiger partial charge in [-0.3, -0.25) is 9.59 Å². The highest BCUT2D eigenvalue weighted by Crippen LogP contribution is 2.22. The Bertz CT molecular complexity index is 1150. The quantitative estimate of drug-likeness (QED) is 0.626. The smallest absolute Gasteiger partial charge is 0.278 e. The van der Waals surface area contributed by atoms with Crippen molar-refractivity contribution in [1.82, 2.24) is 14.7 Å². The van der Waals surface area contributed by atoms with Crippen LogP contribution in [0.5, 0.6) is 5.75 Å². The van der Waals surface area contributed by atoms with Gasteiger partial charge >= 0.3 is 0 Å². The normalized spacial score (nSPS) is 13.9. The highest BCUT2D eigenvalue weighted by Gasteiger charge is 2.27. The molecule has 0 saturated carbocycles. The van der Waals surface area contributed by atoms with Gasteiger partial charge in [0.15, 0.2) is 11.4 Å². The van der Waals surface area contributed by atoms with Crippen molar-refractivity contribution in [3.8, 4) is 11.4 Å². The number of ether oxygens (including phenoxy) is 1. The summed E-state index contributed by atoms with van der Waals surface area (Å²) < 4.78 is 6.54. The van der Waals surface area contributed by atoms with E-state index in [-0.39, 0.29) is 22.9 Å². The Morgan fingerprint density at radius 1 is 1.00 bits per heavy atom. The molecule has 160 valence electrons. The third kappa shape index (κ3) is 4.41. The van der Waals surface area contributed by atoms with E-state index in [4.69, 9.17) is 16.3 Å². The summed E-state index contributed by atoms with van der Waals surface area (Å²) in [6.45, 7) is 4.36. The number of methoxy groups -OCH3 is 1. The van der Waals surface area contributed by atoms with Gasteiger partial charge in [-0.15, -0.1) is 0 Å². The first-order chi connectivity index (χ1) is 15.0. The molecule has 2 heterocycles. The Morgan fingerprint density at radius 3 is 2.35 bits per heavy atom. The Morgan fingerprint density at radius 2 is 1.71 bits per heavy atom. The molecule has 8 heteroatoms. The predicted molar refractivity (Wildman–Crippen MR) is 121 cm³/mol. The van der Waals surface area contributed by atoms with Gasteiger partial charge in [0.25, 0.3) is 11.5 Å². The van der Waals surface area contributed by atoms with E-state index < -0.39 is 0 Å². The number of rotatable bonds is 4. The van der Waals surface area contributed by atoms with E-state index in [9.17, 15) is 9.59 Å². The van der Waals surface area contributed by atoms with E-state index in [2.05, 4.69) is 10.00 Å². The molecule has 0 aliphatic carbocycles. The van der Waals surface area contributed by atoms with E-state index in [0.717, 1.165) is 11.3 Å². The van der Waals surface area contributed by atoms with Crippen LogP contribution in [0.2, 0.25) is 5.02 Å². The molecule has 1 aliphatic rings. The molecule has 0 spiro atoms. The third-order valence-corrected chi connectivity index (χ3v) is 5.57. The molecule has 1 saturated heterocycles. The molecule has 31 heavy (non-hydrogen) atoms. The van der Waals surface area contributed by atoms with Crippen LogP contribution in [0.25, 0.3) is 5.69 Å². The van der Waals surface area contributed by atoms with Gasteiger partial charge in [0.2, 0.25) is 0 Å². The van der Waals surface area contributed by atoms with E-state index in [0.29, 0.717) is 36.9 Å². The molecule has 3 aromatic rings. The molecule has 1 aliphatic heterocycles. The number of carbonyl (C=O) groups excluding carboxylic acids is 1. The van der Waals surface area contributed by atoms with E-state index in [1.165, 1.54) is 17.9 Å². The summed E-state index contributed by atoms with van der Waals surface area (Å²) in [6, 6.07) is 16.4. The van der Waals surface area contributed by atoms with E-state index >= 15 is 0 Å². The van der Waals surface area contributed by atoms with E-state index in [1.807, 2.05) is 43.3 Å². The molecule has 4 rings (SSSR count). The van der Waals surface area contributed by atoms with Crippen LogP contribution in [0, 0.1) is 6.92 Å². The van der Waals surface area contributed by atoms with Crippen LogP contribution in [0.15, 0.2) is 59.4 Å². The predicted octanol–water partition coefficient (Wildman–Crippen LogP) is 3.17. The molecule has 7 nitrogen and oxygen atoms in total. The van der Waals surface area contributed by atoms with Crippen LogP contribution in [-0.2, 0) is 0 Å². The number of benzene rings is 2. The number of hydrogen-bond acceptors (Lipinski definition) is 5. The average Bonchev–Trinajstić information content (AvgIpc) is 2.79. The molecular formula is C23H23ClN4O3. The van der Waals surface area contributed by atoms with Gasteiger partial charge in [-0.2, -0.15) is 9.78 Å². The lowest BCUT2D eigenvalue weighted by Crippen LogP contribution is -2.49. The molecule has 0 bridgehead atoms. The molecule has 0 atom stereocenters. The second-order valence-electron chi connectivity index (χ2n) is 7.41. The maximum Gasteiger partial charge on any atom is 0.278 e. The van der Waals surface area contributed by atoms with Crippen LogP contribution < -0.4 is 15.2 Å². The Hall–Kier alpha value is -3.32. The molecular weight excluding hydrogens is 416 g/mol. The summed E-state index contributed by atoms with van der Waals surface area (Å²) in [4.78, 5) is 29.7. The van der Waals surface area contributed by atoms with Crippen LogP contribution >= 0.6 is 11.6 Å². The van der Waals surface area contributed by atoms with Crippen molar-refractivity contribution in [1.29, 1.82) is 0 Å². The minimum atomic E-state index is -0.358. The number of halogens is 1. The van der Waals surface area contributed by atoms with Crippen LogP contribution in [0.3, 0.4) is 0 Å². The summed E-state index contributed by atoms with van der Waals surface area (Å²) in [5.41, 5.74) is 2.46. The van der Waals surface area contributed by atoms with Gasteiger partial charge in [-0.05, 0) is 37.3 Å². The summed E-state index contributed by atoms with van der Waals surface area (Å²) in [5.74, 6) is -0.0842. The fraction of sp³-hybridized carbons (Fsp3) is 0.261. The zero-order valence-corrected chi connectivity index (χ0v) is 18.2. The number of carbonyl (C=O) groups is 1. The average molecular weight is 439 g/mol. The number of piperazine rings is 1. The van der Waals surface area contributed by atoms with Crippen molar-refractivity contribution in [3.63, 3.8) is 0 Å². The third-order valence-electron chi connectivity index (χ3n) is 5.34. The second kappa shape index (κ2) is 8.81. The summed E-state index contributed by atoms with van der Waals surface area (Å²) in [6.07, 6.45) is 0. The second-order valence-corrected chi connectivity index (χ2v) is 7.84. The van der Waals surface area contributed by atoms with Crippen molar-refractivity contribution in [3.05, 3.63) is 81.2 Å². The van der Waals surface area contributed by atoms with Crippen molar-refractivity contribution < 1.29 is 9.53 Å². The fourth-order valence-electron chi connectivity index (χ4n) is 3.61. The number of aromatic nitrogens is 2. The first-order valence-electron chi connectivity index (χ1n) is 10.0. The van der Waals surface area contributed by atoms with Gasteiger partial charge in [0, 0.05) is 36.9 Å². The Labute approximate surface area is 185 Å². The standard InChI is InChI=1S/C23H23ClN4O3/c1-16-6-8-18(9-7-16)28-21(29)15-20(31-2)22(25-28)23(30)27-12-10-26(11-13-27)19-5-3-4-17(24)14-19/h3-9,14-15H,10-13H2,1-2H3. The maximum absolute atomic E-state index is 13.3. The van der Waals surface area contributed by atoms with Crippen molar-refractivity contribution in [2.24, 2.45) is 0 Å². The summed E-state index contributed by atoms with van der Waals surface area (Å²) in [7, 11) is 1.43. The number of amides is 1. The Balaban J connectivity index is 1.57. The van der Waals surface area contributed by atoms with Gasteiger partial charge in [0.05, 0.1) is 18.9 Å². The minimum absolute atomic E-state index is 0.124. The van der Waals surface area contributed by atoms with E-state index in [1.54, 1.807) is 17.0 Å². The zero-order valence-electron chi connectivity index (χ0n) is 17.4. The lowest BCUT2D eigenvalue weighted by atomic mass is 10.2. The van der Waals surface area contributed by atoms with Crippen molar-refractivity contribution >= 4 is 23.2 Å². The first kappa shape index (κ1) is 20.9. The lowest BCUT2D eigenvalue weighted by Gasteiger charge is -2.36. The molecule has 0 unspecified atom stereocenters. The molecule has 0 radical (unpaired) electrons. The highest BCUT2D eigenvalue weighted by molar-refractivity contribution is 6.30. The Kier molecular flexibility index (Phi) is 5.95. The number of anilines is 1. The highest BCUT2D eigenvalue weighted by atomic mass is 35.5. The molecule has 0 N–H and O–H groups in total. The summed E-state index contributed by atoms with van der Waals surface area (Å²) in [5, 5.41) is 5.05. The number of hydrogen-bond donors (Lipinski definition) is 0. The lowest BCUT2D eigenvalue weighted by molar-refractivity contribution is 0.0734. The SMILES string of the molecule is COc1cc(=O)n(-c2ccc(C)cc2)nc1C(=O)N1CCN(c2cccc(Cl)c2)CC1. The van der Waals surface area contributed by atoms with Crippen LogP contribution in [0.1, 0.15) is 16.1 Å². The largest absolute Gasteiger partial charge is 0.494 e. The topological polar surface area (TPSA) is 67.7 Å². The maximum atomic E-state index is 13.3. The van der Waals surface area contributed by atoms with Gasteiger partial charge in [-0.25, -0.2) is 0 Å². The molecule has 1 aromatic heterocycles. The fourth-order valence-corrected chi connectivity index (χ4v) is 3.79. The van der Waals surface area contributed by atoms with Gasteiger partial charge in [0.1, 0.15) is 0 Å². The first-order valence-corrected chi connectivity index (χ1v) is 10.4. The monoisotopic (exact) mass is 438 g/mol. The molecule has 1 amide bonds. The zero-order chi connectivity index (χ0) is 22.0. The summed E-state index contributed by atoms with van der Waals surface area (Å²) >= 11 is 6.10.